The van der Waals surface area contributed by atoms with Gasteiger partial charge in [0.05, 0.1) is 12.5 Å². The van der Waals surface area contributed by atoms with Crippen molar-refractivity contribution in [3.8, 4) is 0 Å². The molecule has 0 radical (unpaired) electrons. The molecule has 1 aliphatic heterocycles. The third-order valence-corrected chi connectivity index (χ3v) is 3.26. The van der Waals surface area contributed by atoms with Crippen LogP contribution >= 0.6 is 0 Å². The first-order chi connectivity index (χ1) is 8.56. The fourth-order valence-electron chi connectivity index (χ4n) is 2.25. The fourth-order valence-corrected chi connectivity index (χ4v) is 2.25. The Morgan fingerprint density at radius 2 is 2.00 bits per heavy atom. The second-order valence-electron chi connectivity index (χ2n) is 4.88. The zero-order valence-corrected chi connectivity index (χ0v) is 10.7. The normalized spacial score (nSPS) is 27.1. The van der Waals surface area contributed by atoms with Gasteiger partial charge in [-0.3, -0.25) is 15.6 Å². The molecule has 2 atom stereocenters. The van der Waals surface area contributed by atoms with Crippen molar-refractivity contribution < 1.29 is 4.79 Å². The van der Waals surface area contributed by atoms with Crippen molar-refractivity contribution in [1.82, 2.24) is 16.2 Å². The smallest absolute Gasteiger partial charge is 0.224 e. The van der Waals surface area contributed by atoms with Gasteiger partial charge in [0.25, 0.3) is 0 Å². The predicted molar refractivity (Wildman–Crippen MR) is 71.7 cm³/mol. The number of carbonyl (C=O) groups excluding carboxylic acids is 1. The number of hydrogen-bond donors (Lipinski definition) is 4. The summed E-state index contributed by atoms with van der Waals surface area (Å²) in [6.07, 6.45) is 0.362. The highest BCUT2D eigenvalue weighted by Gasteiger charge is 2.30. The first-order valence-electron chi connectivity index (χ1n) is 6.21. The van der Waals surface area contributed by atoms with E-state index in [1.54, 1.807) is 0 Å². The van der Waals surface area contributed by atoms with Crippen LogP contribution < -0.4 is 21.9 Å². The van der Waals surface area contributed by atoms with E-state index in [9.17, 15) is 4.79 Å². The molecule has 0 bridgehead atoms. The number of carbonyl (C=O) groups is 1. The molecule has 1 amide bonds. The second kappa shape index (κ2) is 5.37. The van der Waals surface area contributed by atoms with E-state index >= 15 is 0 Å². The molecule has 5 heteroatoms. The van der Waals surface area contributed by atoms with E-state index in [-0.39, 0.29) is 24.0 Å². The monoisotopic (exact) mass is 248 g/mol. The molecule has 2 rings (SSSR count). The van der Waals surface area contributed by atoms with Gasteiger partial charge in [-0.05, 0) is 31.5 Å². The Labute approximate surface area is 107 Å². The van der Waals surface area contributed by atoms with Crippen LogP contribution in [0.3, 0.4) is 0 Å². The van der Waals surface area contributed by atoms with Crippen LogP contribution in [0, 0.1) is 0 Å². The molecule has 5 N–H and O–H groups in total. The molecule has 1 heterocycles. The maximum Gasteiger partial charge on any atom is 0.224 e. The van der Waals surface area contributed by atoms with Crippen molar-refractivity contribution in [1.29, 1.82) is 0 Å². The molecule has 98 valence electrons. The third kappa shape index (κ3) is 3.00. The average Bonchev–Trinajstić information content (AvgIpc) is 2.61. The standard InChI is InChI=1S/C13H20N4O/c1-8-13(9(2)17-16-8)15-12(18)7-10-4-3-5-11(14)6-10/h3-6,8-9,13,16-17H,7,14H2,1-2H3,(H,15,18). The number of benzene rings is 1. The number of hydrazine groups is 1. The van der Waals surface area contributed by atoms with Crippen molar-refractivity contribution in [2.24, 2.45) is 0 Å². The zero-order valence-electron chi connectivity index (χ0n) is 10.7. The van der Waals surface area contributed by atoms with Gasteiger partial charge in [0, 0.05) is 17.8 Å². The lowest BCUT2D eigenvalue weighted by Crippen LogP contribution is -2.46. The Morgan fingerprint density at radius 3 is 2.61 bits per heavy atom. The van der Waals surface area contributed by atoms with Gasteiger partial charge in [-0.2, -0.15) is 0 Å². The largest absolute Gasteiger partial charge is 0.399 e. The van der Waals surface area contributed by atoms with Gasteiger partial charge in [-0.15, -0.1) is 0 Å². The Bertz CT molecular complexity index is 425. The molecule has 0 saturated carbocycles. The first-order valence-corrected chi connectivity index (χ1v) is 6.21. The van der Waals surface area contributed by atoms with Crippen molar-refractivity contribution in [3.63, 3.8) is 0 Å². The zero-order chi connectivity index (χ0) is 13.1. The molecular formula is C13H20N4O. The number of amides is 1. The molecule has 1 fully saturated rings. The molecule has 1 aromatic carbocycles. The van der Waals surface area contributed by atoms with Gasteiger partial charge >= 0.3 is 0 Å². The lowest BCUT2D eigenvalue weighted by atomic mass is 10.1. The van der Waals surface area contributed by atoms with E-state index in [1.807, 2.05) is 38.1 Å². The molecule has 1 aromatic rings. The summed E-state index contributed by atoms with van der Waals surface area (Å²) in [5, 5.41) is 3.04. The molecule has 2 unspecified atom stereocenters. The van der Waals surface area contributed by atoms with Gasteiger partial charge in [0.15, 0.2) is 0 Å². The summed E-state index contributed by atoms with van der Waals surface area (Å²) in [5.41, 5.74) is 13.5. The summed E-state index contributed by atoms with van der Waals surface area (Å²) in [6, 6.07) is 7.98. The van der Waals surface area contributed by atoms with E-state index in [0.29, 0.717) is 12.1 Å². The van der Waals surface area contributed by atoms with Crippen LogP contribution in [-0.4, -0.2) is 24.0 Å². The number of anilines is 1. The Morgan fingerprint density at radius 1 is 1.33 bits per heavy atom. The van der Waals surface area contributed by atoms with Crippen molar-refractivity contribution in [3.05, 3.63) is 29.8 Å². The van der Waals surface area contributed by atoms with Crippen LogP contribution in [0.5, 0.6) is 0 Å². The van der Waals surface area contributed by atoms with Crippen LogP contribution in [0.1, 0.15) is 19.4 Å². The van der Waals surface area contributed by atoms with E-state index in [2.05, 4.69) is 16.2 Å². The van der Waals surface area contributed by atoms with Crippen molar-refractivity contribution in [2.45, 2.75) is 38.4 Å². The minimum absolute atomic E-state index is 0.0230. The van der Waals surface area contributed by atoms with Crippen LogP contribution in [0.25, 0.3) is 0 Å². The number of nitrogen functional groups attached to an aromatic ring is 1. The Balaban J connectivity index is 1.93. The van der Waals surface area contributed by atoms with Crippen molar-refractivity contribution in [2.75, 3.05) is 5.73 Å². The highest BCUT2D eigenvalue weighted by atomic mass is 16.1. The molecule has 0 spiro atoms. The minimum Gasteiger partial charge on any atom is -0.399 e. The topological polar surface area (TPSA) is 79.2 Å². The Hall–Kier alpha value is -1.59. The third-order valence-electron chi connectivity index (χ3n) is 3.26. The highest BCUT2D eigenvalue weighted by Crippen LogP contribution is 2.09. The predicted octanol–water partition coefficient (Wildman–Crippen LogP) is 0.181. The summed E-state index contributed by atoms with van der Waals surface area (Å²) in [5.74, 6) is 0.0230. The quantitative estimate of drug-likeness (QED) is 0.575. The lowest BCUT2D eigenvalue weighted by Gasteiger charge is -2.19. The average molecular weight is 248 g/mol. The Kier molecular flexibility index (Phi) is 3.84. The number of nitrogens with two attached hydrogens (primary N) is 1. The van der Waals surface area contributed by atoms with E-state index in [0.717, 1.165) is 5.56 Å². The SMILES string of the molecule is CC1NNC(C)C1NC(=O)Cc1cccc(N)c1. The maximum absolute atomic E-state index is 12.0. The molecule has 0 aromatic heterocycles. The summed E-state index contributed by atoms with van der Waals surface area (Å²) in [6.45, 7) is 4.09. The van der Waals surface area contributed by atoms with Crippen LogP contribution in [0.15, 0.2) is 24.3 Å². The van der Waals surface area contributed by atoms with Gasteiger partial charge in [-0.25, -0.2) is 0 Å². The molecular weight excluding hydrogens is 228 g/mol. The van der Waals surface area contributed by atoms with Gasteiger partial charge < -0.3 is 11.1 Å². The summed E-state index contributed by atoms with van der Waals surface area (Å²) in [7, 11) is 0. The minimum atomic E-state index is 0.0230. The van der Waals surface area contributed by atoms with Crippen LogP contribution in [-0.2, 0) is 11.2 Å². The maximum atomic E-state index is 12.0. The molecule has 5 nitrogen and oxygen atoms in total. The first kappa shape index (κ1) is 12.9. The molecule has 1 aliphatic rings. The number of hydrogen-bond acceptors (Lipinski definition) is 4. The van der Waals surface area contributed by atoms with E-state index < -0.39 is 0 Å². The lowest BCUT2D eigenvalue weighted by molar-refractivity contribution is -0.121. The van der Waals surface area contributed by atoms with E-state index in [1.165, 1.54) is 0 Å². The van der Waals surface area contributed by atoms with Gasteiger partial charge in [0.1, 0.15) is 0 Å². The number of rotatable bonds is 3. The highest BCUT2D eigenvalue weighted by molar-refractivity contribution is 5.79. The summed E-state index contributed by atoms with van der Waals surface area (Å²) in [4.78, 5) is 12.0. The molecule has 18 heavy (non-hydrogen) atoms. The summed E-state index contributed by atoms with van der Waals surface area (Å²) >= 11 is 0. The van der Waals surface area contributed by atoms with Gasteiger partial charge in [0.2, 0.25) is 5.91 Å². The molecule has 1 saturated heterocycles. The van der Waals surface area contributed by atoms with E-state index in [4.69, 9.17) is 5.73 Å². The second-order valence-corrected chi connectivity index (χ2v) is 4.88. The number of nitrogens with one attached hydrogen (secondary N) is 3. The van der Waals surface area contributed by atoms with Crippen LogP contribution in [0.2, 0.25) is 0 Å². The van der Waals surface area contributed by atoms with Gasteiger partial charge in [-0.1, -0.05) is 12.1 Å². The fraction of sp³-hybridized carbons (Fsp3) is 0.462. The van der Waals surface area contributed by atoms with Crippen LogP contribution in [0.4, 0.5) is 5.69 Å². The molecule has 0 aliphatic carbocycles. The van der Waals surface area contributed by atoms with Crippen molar-refractivity contribution >= 4 is 11.6 Å². The summed E-state index contributed by atoms with van der Waals surface area (Å²) < 4.78 is 0.